The van der Waals surface area contributed by atoms with Crippen LogP contribution in [0.1, 0.15) is 62.9 Å². The number of rotatable bonds is 8. The summed E-state index contributed by atoms with van der Waals surface area (Å²) in [7, 11) is 1.26. The van der Waals surface area contributed by atoms with Crippen LogP contribution in [0.4, 0.5) is 0 Å². The number of aliphatic hydroxyl groups is 1. The van der Waals surface area contributed by atoms with Gasteiger partial charge in [0.15, 0.2) is 5.78 Å². The lowest BCUT2D eigenvalue weighted by molar-refractivity contribution is -0.174. The molecule has 0 saturated heterocycles. The Morgan fingerprint density at radius 1 is 1.00 bits per heavy atom. The molecule has 0 unspecified atom stereocenters. The molecular weight excluding hydrogens is 428 g/mol. The zero-order chi connectivity index (χ0) is 24.9. The van der Waals surface area contributed by atoms with Gasteiger partial charge in [0, 0.05) is 12.3 Å². The molecule has 33 heavy (non-hydrogen) atoms. The highest BCUT2D eigenvalue weighted by Gasteiger charge is 2.57. The van der Waals surface area contributed by atoms with E-state index in [0.717, 1.165) is 0 Å². The monoisotopic (exact) mass is 462 g/mol. The first-order valence-electron chi connectivity index (χ1n) is 11.2. The van der Waals surface area contributed by atoms with Crippen LogP contribution >= 0.6 is 0 Å². The lowest BCUT2D eigenvalue weighted by atomic mass is 9.61. The summed E-state index contributed by atoms with van der Waals surface area (Å²) < 4.78 is 15.5. The molecule has 1 aliphatic rings. The molecule has 0 aromatic heterocycles. The molecule has 1 aliphatic carbocycles. The number of ether oxygens (including phenoxy) is 3. The van der Waals surface area contributed by atoms with Crippen molar-refractivity contribution in [1.82, 2.24) is 0 Å². The summed E-state index contributed by atoms with van der Waals surface area (Å²) in [5.41, 5.74) is -1.02. The van der Waals surface area contributed by atoms with E-state index in [1.54, 1.807) is 12.1 Å². The van der Waals surface area contributed by atoms with Crippen molar-refractivity contribution in [1.29, 1.82) is 0 Å². The molecule has 0 bridgehead atoms. The van der Waals surface area contributed by atoms with Gasteiger partial charge >= 0.3 is 17.9 Å². The smallest absolute Gasteiger partial charge is 0.337 e. The molecule has 1 N–H and O–H groups in total. The molecule has 8 nitrogen and oxygen atoms in total. The van der Waals surface area contributed by atoms with Gasteiger partial charge in [-0.3, -0.25) is 14.4 Å². The van der Waals surface area contributed by atoms with E-state index in [4.69, 9.17) is 14.2 Å². The minimum atomic E-state index is -1.73. The molecule has 0 radical (unpaired) electrons. The van der Waals surface area contributed by atoms with Crippen LogP contribution in [0.3, 0.4) is 0 Å². The fourth-order valence-electron chi connectivity index (χ4n) is 4.05. The van der Waals surface area contributed by atoms with Crippen LogP contribution in [0.25, 0.3) is 0 Å². The number of methoxy groups -OCH3 is 1. The van der Waals surface area contributed by atoms with Gasteiger partial charge in [-0.15, -0.1) is 0 Å². The fourth-order valence-corrected chi connectivity index (χ4v) is 4.05. The molecule has 1 aromatic rings. The van der Waals surface area contributed by atoms with Gasteiger partial charge in [-0.1, -0.05) is 39.8 Å². The predicted octanol–water partition coefficient (Wildman–Crippen LogP) is 2.91. The summed E-state index contributed by atoms with van der Waals surface area (Å²) in [4.78, 5) is 51.0. The number of hydrogen-bond donors (Lipinski definition) is 1. The number of carbonyl (C=O) groups excluding carboxylic acids is 4. The maximum atomic E-state index is 13.1. The highest BCUT2D eigenvalue weighted by molar-refractivity contribution is 6.03. The second kappa shape index (κ2) is 10.9. The van der Waals surface area contributed by atoms with Crippen LogP contribution in [0.15, 0.2) is 24.3 Å². The van der Waals surface area contributed by atoms with Crippen molar-refractivity contribution < 1.29 is 38.5 Å². The topological polar surface area (TPSA) is 116 Å². The van der Waals surface area contributed by atoms with Crippen LogP contribution in [0.2, 0.25) is 0 Å². The minimum Gasteiger partial charge on any atom is -0.465 e. The van der Waals surface area contributed by atoms with E-state index in [2.05, 4.69) is 0 Å². The molecular formula is C25H34O8. The Labute approximate surface area is 194 Å². The molecule has 182 valence electrons. The maximum absolute atomic E-state index is 13.1. The van der Waals surface area contributed by atoms with Crippen molar-refractivity contribution in [2.45, 2.75) is 52.6 Å². The average molecular weight is 463 g/mol. The minimum absolute atomic E-state index is 0.0559. The standard InChI is InChI=1S/C25H34O8/c1-14(2)12-32-23(28)20-18(26)11-25(5,30)21(24(29)33-13-15(3)4)19(20)16-7-9-17(10-8-16)22(27)31-6/h7-10,14-15,19-21,30H,11-13H2,1-6H3/t19-,20+,21+,25-/m0/s1. The fraction of sp³-hybridized carbons (Fsp3) is 0.600. The largest absolute Gasteiger partial charge is 0.465 e. The highest BCUT2D eigenvalue weighted by Crippen LogP contribution is 2.46. The van der Waals surface area contributed by atoms with Crippen LogP contribution in [0, 0.1) is 23.7 Å². The van der Waals surface area contributed by atoms with Crippen molar-refractivity contribution in [3.63, 3.8) is 0 Å². The van der Waals surface area contributed by atoms with Gasteiger partial charge < -0.3 is 19.3 Å². The van der Waals surface area contributed by atoms with E-state index in [9.17, 15) is 24.3 Å². The summed E-state index contributed by atoms with van der Waals surface area (Å²) in [6, 6.07) is 6.08. The Morgan fingerprint density at radius 2 is 1.52 bits per heavy atom. The molecule has 0 amide bonds. The Bertz CT molecular complexity index is 869. The Kier molecular flexibility index (Phi) is 8.77. The van der Waals surface area contributed by atoms with Crippen molar-refractivity contribution in [3.8, 4) is 0 Å². The molecule has 1 aromatic carbocycles. The van der Waals surface area contributed by atoms with Gasteiger partial charge in [-0.2, -0.15) is 0 Å². The first-order valence-corrected chi connectivity index (χ1v) is 11.2. The summed E-state index contributed by atoms with van der Waals surface area (Å²) in [5, 5.41) is 11.1. The van der Waals surface area contributed by atoms with Crippen molar-refractivity contribution in [3.05, 3.63) is 35.4 Å². The lowest BCUT2D eigenvalue weighted by Crippen LogP contribution is -2.55. The van der Waals surface area contributed by atoms with Crippen LogP contribution in [-0.2, 0) is 28.6 Å². The highest BCUT2D eigenvalue weighted by atomic mass is 16.5. The summed E-state index contributed by atoms with van der Waals surface area (Å²) >= 11 is 0. The third kappa shape index (κ3) is 6.41. The molecule has 8 heteroatoms. The maximum Gasteiger partial charge on any atom is 0.337 e. The molecule has 1 fully saturated rings. The molecule has 0 aliphatic heterocycles. The number of carbonyl (C=O) groups is 4. The van der Waals surface area contributed by atoms with Crippen molar-refractivity contribution >= 4 is 23.7 Å². The van der Waals surface area contributed by atoms with Crippen LogP contribution in [-0.4, -0.2) is 54.7 Å². The van der Waals surface area contributed by atoms with Gasteiger partial charge in [-0.05, 0) is 36.5 Å². The number of esters is 3. The quantitative estimate of drug-likeness (QED) is 0.356. The lowest BCUT2D eigenvalue weighted by Gasteiger charge is -2.43. The van der Waals surface area contributed by atoms with E-state index < -0.39 is 47.0 Å². The SMILES string of the molecule is COC(=O)c1ccc([C@H]2[C@H](C(=O)OCC(C)C)C(=O)C[C@](C)(O)[C@H]2C(=O)OCC(C)C)cc1. The third-order valence-electron chi connectivity index (χ3n) is 5.61. The van der Waals surface area contributed by atoms with Gasteiger partial charge in [-0.25, -0.2) is 4.79 Å². The summed E-state index contributed by atoms with van der Waals surface area (Å²) in [6.45, 7) is 9.16. The molecule has 4 atom stereocenters. The predicted molar refractivity (Wildman–Crippen MR) is 119 cm³/mol. The number of benzene rings is 1. The molecule has 0 spiro atoms. The number of Topliss-reactive ketones (excluding diaryl/α,β-unsaturated/α-hetero) is 1. The van der Waals surface area contributed by atoms with E-state index in [1.165, 1.54) is 26.2 Å². The van der Waals surface area contributed by atoms with Crippen LogP contribution < -0.4 is 0 Å². The first kappa shape index (κ1) is 26.5. The van der Waals surface area contributed by atoms with Crippen LogP contribution in [0.5, 0.6) is 0 Å². The zero-order valence-corrected chi connectivity index (χ0v) is 20.1. The first-order chi connectivity index (χ1) is 15.4. The average Bonchev–Trinajstić information content (AvgIpc) is 2.74. The van der Waals surface area contributed by atoms with Crippen molar-refractivity contribution in [2.75, 3.05) is 20.3 Å². The second-order valence-electron chi connectivity index (χ2n) is 9.64. The number of ketones is 1. The summed E-state index contributed by atoms with van der Waals surface area (Å²) in [6.07, 6.45) is -0.382. The Balaban J connectivity index is 2.55. The Morgan fingerprint density at radius 3 is 2.00 bits per heavy atom. The van der Waals surface area contributed by atoms with E-state index >= 15 is 0 Å². The summed E-state index contributed by atoms with van der Waals surface area (Å²) in [5.74, 6) is -5.86. The van der Waals surface area contributed by atoms with E-state index in [1.807, 2.05) is 27.7 Å². The van der Waals surface area contributed by atoms with Gasteiger partial charge in [0.25, 0.3) is 0 Å². The van der Waals surface area contributed by atoms with E-state index in [-0.39, 0.29) is 37.0 Å². The molecule has 1 saturated carbocycles. The van der Waals surface area contributed by atoms with Gasteiger partial charge in [0.05, 0.1) is 37.4 Å². The molecule has 2 rings (SSSR count). The zero-order valence-electron chi connectivity index (χ0n) is 20.1. The van der Waals surface area contributed by atoms with E-state index in [0.29, 0.717) is 5.56 Å². The molecule has 0 heterocycles. The Hall–Kier alpha value is -2.74. The van der Waals surface area contributed by atoms with Gasteiger partial charge in [0.2, 0.25) is 0 Å². The second-order valence-corrected chi connectivity index (χ2v) is 9.64. The number of hydrogen-bond acceptors (Lipinski definition) is 8. The van der Waals surface area contributed by atoms with Crippen molar-refractivity contribution in [2.24, 2.45) is 23.7 Å². The normalized spacial score (nSPS) is 25.1. The third-order valence-corrected chi connectivity index (χ3v) is 5.61. The van der Waals surface area contributed by atoms with Gasteiger partial charge in [0.1, 0.15) is 5.92 Å².